The summed E-state index contributed by atoms with van der Waals surface area (Å²) in [7, 11) is 1.53. The van der Waals surface area contributed by atoms with E-state index in [1.54, 1.807) is 36.4 Å². The van der Waals surface area contributed by atoms with E-state index < -0.39 is 0 Å². The molecule has 5 nitrogen and oxygen atoms in total. The highest BCUT2D eigenvalue weighted by Crippen LogP contribution is 2.27. The molecule has 7 heteroatoms. The molecular weight excluding hydrogens is 329 g/mol. The van der Waals surface area contributed by atoms with Gasteiger partial charge in [0, 0.05) is 23.1 Å². The molecule has 0 saturated carbocycles. The van der Waals surface area contributed by atoms with E-state index in [1.807, 2.05) is 0 Å². The standard InChI is InChI=1S/C17H14FN3O2S/c1-19-17(23)21-13-6-4-12(5-7-13)20-16(22)15-8-10-2-3-11(18)9-14(10)24-15/h2-9H,1H3,(H,20,22)(H2,19,21,23). The van der Waals surface area contributed by atoms with Gasteiger partial charge in [0.15, 0.2) is 0 Å². The van der Waals surface area contributed by atoms with Crippen LogP contribution in [0.1, 0.15) is 9.67 Å². The van der Waals surface area contributed by atoms with E-state index in [0.717, 1.165) is 10.1 Å². The van der Waals surface area contributed by atoms with Gasteiger partial charge in [0.05, 0.1) is 4.88 Å². The largest absolute Gasteiger partial charge is 0.341 e. The Morgan fingerprint density at radius 1 is 0.958 bits per heavy atom. The van der Waals surface area contributed by atoms with Crippen LogP contribution < -0.4 is 16.0 Å². The van der Waals surface area contributed by atoms with Crippen molar-refractivity contribution in [3.63, 3.8) is 0 Å². The molecule has 0 bridgehead atoms. The van der Waals surface area contributed by atoms with E-state index in [4.69, 9.17) is 0 Å². The average molecular weight is 343 g/mol. The second-order valence-electron chi connectivity index (χ2n) is 5.03. The Balaban J connectivity index is 1.72. The molecular formula is C17H14FN3O2S. The molecule has 1 aromatic heterocycles. The minimum absolute atomic E-state index is 0.261. The SMILES string of the molecule is CNC(=O)Nc1ccc(NC(=O)c2cc3ccc(F)cc3s2)cc1. The average Bonchev–Trinajstić information content (AvgIpc) is 2.99. The van der Waals surface area contributed by atoms with E-state index in [0.29, 0.717) is 16.3 Å². The number of thiophene rings is 1. The van der Waals surface area contributed by atoms with E-state index in [9.17, 15) is 14.0 Å². The topological polar surface area (TPSA) is 70.2 Å². The van der Waals surface area contributed by atoms with Gasteiger partial charge >= 0.3 is 6.03 Å². The number of carbonyl (C=O) groups excluding carboxylic acids is 2. The molecule has 0 aliphatic heterocycles. The maximum absolute atomic E-state index is 13.2. The quantitative estimate of drug-likeness (QED) is 0.671. The molecule has 0 saturated heterocycles. The predicted octanol–water partition coefficient (Wildman–Crippen LogP) is 4.04. The lowest BCUT2D eigenvalue weighted by atomic mass is 10.2. The van der Waals surface area contributed by atoms with Crippen LogP contribution in [0.25, 0.3) is 10.1 Å². The van der Waals surface area contributed by atoms with Crippen molar-refractivity contribution in [2.75, 3.05) is 17.7 Å². The van der Waals surface area contributed by atoms with Crippen LogP contribution >= 0.6 is 11.3 Å². The van der Waals surface area contributed by atoms with Crippen LogP contribution in [-0.4, -0.2) is 19.0 Å². The Labute approximate surface area is 141 Å². The molecule has 0 radical (unpaired) electrons. The zero-order valence-corrected chi connectivity index (χ0v) is 13.5. The fourth-order valence-electron chi connectivity index (χ4n) is 2.14. The van der Waals surface area contributed by atoms with Crippen LogP contribution in [-0.2, 0) is 0 Å². The van der Waals surface area contributed by atoms with Crippen molar-refractivity contribution in [2.45, 2.75) is 0 Å². The third kappa shape index (κ3) is 3.52. The maximum Gasteiger partial charge on any atom is 0.318 e. The molecule has 24 heavy (non-hydrogen) atoms. The first-order valence-electron chi connectivity index (χ1n) is 7.14. The van der Waals surface area contributed by atoms with Gasteiger partial charge < -0.3 is 16.0 Å². The first kappa shape index (κ1) is 15.9. The molecule has 0 aliphatic carbocycles. The Morgan fingerprint density at radius 3 is 2.29 bits per heavy atom. The molecule has 1 heterocycles. The number of hydrogen-bond donors (Lipinski definition) is 3. The van der Waals surface area contributed by atoms with Crippen molar-refractivity contribution in [1.29, 1.82) is 0 Å². The van der Waals surface area contributed by atoms with Crippen molar-refractivity contribution in [1.82, 2.24) is 5.32 Å². The molecule has 0 fully saturated rings. The molecule has 3 rings (SSSR count). The second-order valence-corrected chi connectivity index (χ2v) is 6.11. The highest BCUT2D eigenvalue weighted by molar-refractivity contribution is 7.20. The Bertz CT molecular complexity index is 906. The summed E-state index contributed by atoms with van der Waals surface area (Å²) in [5.41, 5.74) is 1.22. The molecule has 3 N–H and O–H groups in total. The van der Waals surface area contributed by atoms with E-state index in [2.05, 4.69) is 16.0 Å². The number of hydrogen-bond acceptors (Lipinski definition) is 3. The van der Waals surface area contributed by atoms with Crippen molar-refractivity contribution < 1.29 is 14.0 Å². The first-order valence-corrected chi connectivity index (χ1v) is 7.96. The summed E-state index contributed by atoms with van der Waals surface area (Å²) >= 11 is 1.24. The lowest BCUT2D eigenvalue weighted by Gasteiger charge is -2.06. The van der Waals surface area contributed by atoms with Crippen LogP contribution in [0.5, 0.6) is 0 Å². The molecule has 0 aliphatic rings. The fourth-order valence-corrected chi connectivity index (χ4v) is 3.12. The van der Waals surface area contributed by atoms with Crippen molar-refractivity contribution in [3.05, 3.63) is 59.2 Å². The molecule has 122 valence electrons. The van der Waals surface area contributed by atoms with Gasteiger partial charge in [0.1, 0.15) is 5.82 Å². The minimum Gasteiger partial charge on any atom is -0.341 e. The normalized spacial score (nSPS) is 10.4. The zero-order chi connectivity index (χ0) is 17.1. The molecule has 2 aromatic carbocycles. The third-order valence-electron chi connectivity index (χ3n) is 3.33. The summed E-state index contributed by atoms with van der Waals surface area (Å²) in [6.45, 7) is 0. The molecule has 0 unspecified atom stereocenters. The number of rotatable bonds is 3. The van der Waals surface area contributed by atoms with E-state index in [1.165, 1.54) is 30.5 Å². The third-order valence-corrected chi connectivity index (χ3v) is 4.43. The summed E-state index contributed by atoms with van der Waals surface area (Å²) in [6, 6.07) is 12.6. The number of halogens is 1. The van der Waals surface area contributed by atoms with Crippen LogP contribution in [0.3, 0.4) is 0 Å². The van der Waals surface area contributed by atoms with Crippen LogP contribution in [0, 0.1) is 5.82 Å². The van der Waals surface area contributed by atoms with Crippen molar-refractivity contribution in [3.8, 4) is 0 Å². The minimum atomic E-state index is -0.324. The Morgan fingerprint density at radius 2 is 1.62 bits per heavy atom. The predicted molar refractivity (Wildman–Crippen MR) is 94.3 cm³/mol. The number of benzene rings is 2. The van der Waals surface area contributed by atoms with Gasteiger partial charge in [-0.05, 0) is 47.9 Å². The number of urea groups is 1. The number of nitrogens with one attached hydrogen (secondary N) is 3. The van der Waals surface area contributed by atoms with Gasteiger partial charge in [0.25, 0.3) is 5.91 Å². The van der Waals surface area contributed by atoms with Crippen LogP contribution in [0.15, 0.2) is 48.5 Å². The zero-order valence-electron chi connectivity index (χ0n) is 12.7. The number of anilines is 2. The highest BCUT2D eigenvalue weighted by Gasteiger charge is 2.11. The Kier molecular flexibility index (Phi) is 4.43. The molecule has 3 amide bonds. The van der Waals surface area contributed by atoms with Gasteiger partial charge in [-0.1, -0.05) is 6.07 Å². The summed E-state index contributed by atoms with van der Waals surface area (Å²) in [6.07, 6.45) is 0. The molecule has 3 aromatic rings. The van der Waals surface area contributed by atoms with Crippen molar-refractivity contribution in [2.24, 2.45) is 0 Å². The van der Waals surface area contributed by atoms with E-state index in [-0.39, 0.29) is 17.8 Å². The smallest absolute Gasteiger partial charge is 0.318 e. The summed E-state index contributed by atoms with van der Waals surface area (Å²) in [4.78, 5) is 24.0. The summed E-state index contributed by atoms with van der Waals surface area (Å²) in [5, 5.41) is 8.69. The first-order chi connectivity index (χ1) is 11.5. The van der Waals surface area contributed by atoms with Gasteiger partial charge in [-0.2, -0.15) is 0 Å². The van der Waals surface area contributed by atoms with Gasteiger partial charge in [-0.25, -0.2) is 9.18 Å². The lowest BCUT2D eigenvalue weighted by molar-refractivity contribution is 0.103. The van der Waals surface area contributed by atoms with Crippen LogP contribution in [0.2, 0.25) is 0 Å². The van der Waals surface area contributed by atoms with E-state index >= 15 is 0 Å². The molecule has 0 atom stereocenters. The second kappa shape index (κ2) is 6.67. The van der Waals surface area contributed by atoms with Crippen LogP contribution in [0.4, 0.5) is 20.6 Å². The number of fused-ring (bicyclic) bond motifs is 1. The summed E-state index contributed by atoms with van der Waals surface area (Å²) < 4.78 is 13.9. The summed E-state index contributed by atoms with van der Waals surface area (Å²) in [5.74, 6) is -0.584. The van der Waals surface area contributed by atoms with Crippen molar-refractivity contribution >= 4 is 44.7 Å². The number of carbonyl (C=O) groups is 2. The van der Waals surface area contributed by atoms with Gasteiger partial charge in [-0.3, -0.25) is 4.79 Å². The lowest BCUT2D eigenvalue weighted by Crippen LogP contribution is -2.24. The monoisotopic (exact) mass is 343 g/mol. The fraction of sp³-hybridized carbons (Fsp3) is 0.0588. The molecule has 0 spiro atoms. The highest BCUT2D eigenvalue weighted by atomic mass is 32.1. The number of amides is 3. The maximum atomic E-state index is 13.2. The Hall–Kier alpha value is -2.93. The van der Waals surface area contributed by atoms with Gasteiger partial charge in [0.2, 0.25) is 0 Å². The van der Waals surface area contributed by atoms with Gasteiger partial charge in [-0.15, -0.1) is 11.3 Å².